The zero-order valence-electron chi connectivity index (χ0n) is 15.5. The van der Waals surface area contributed by atoms with Crippen molar-refractivity contribution in [3.05, 3.63) is 70.8 Å². The van der Waals surface area contributed by atoms with E-state index in [0.717, 1.165) is 16.7 Å². The molecule has 0 spiro atoms. The summed E-state index contributed by atoms with van der Waals surface area (Å²) in [4.78, 5) is 35.5. The Labute approximate surface area is 158 Å². The van der Waals surface area contributed by atoms with Crippen LogP contribution in [0.4, 0.5) is 0 Å². The molecule has 0 aliphatic rings. The Balaban J connectivity index is 1.84. The van der Waals surface area contributed by atoms with Crippen molar-refractivity contribution < 1.29 is 19.5 Å². The normalized spacial score (nSPS) is 11.5. The summed E-state index contributed by atoms with van der Waals surface area (Å²) in [5.41, 5.74) is 3.42. The molecule has 27 heavy (non-hydrogen) atoms. The number of hydrogen-bond donors (Lipinski definition) is 3. The lowest BCUT2D eigenvalue weighted by molar-refractivity contribution is -0.142. The average molecular weight is 368 g/mol. The molecular weight excluding hydrogens is 344 g/mol. The molecule has 0 bridgehead atoms. The van der Waals surface area contributed by atoms with E-state index < -0.39 is 17.9 Å². The van der Waals surface area contributed by atoms with E-state index in [0.29, 0.717) is 5.56 Å². The van der Waals surface area contributed by atoms with Gasteiger partial charge in [0.1, 0.15) is 0 Å². The lowest BCUT2D eigenvalue weighted by atomic mass is 10.0. The third-order valence-electron chi connectivity index (χ3n) is 4.30. The van der Waals surface area contributed by atoms with Gasteiger partial charge in [-0.1, -0.05) is 48.5 Å². The zero-order chi connectivity index (χ0) is 19.8. The number of carboxylic acid groups (broad SMARTS) is 1. The maximum Gasteiger partial charge on any atom is 0.330 e. The molecule has 6 heteroatoms. The highest BCUT2D eigenvalue weighted by atomic mass is 16.4. The van der Waals surface area contributed by atoms with E-state index in [9.17, 15) is 19.5 Å². The van der Waals surface area contributed by atoms with Gasteiger partial charge in [-0.15, -0.1) is 0 Å². The summed E-state index contributed by atoms with van der Waals surface area (Å²) in [7, 11) is 0. The van der Waals surface area contributed by atoms with Crippen molar-refractivity contribution >= 4 is 17.8 Å². The Kier molecular flexibility index (Phi) is 7.11. The molecule has 2 aromatic rings. The van der Waals surface area contributed by atoms with Gasteiger partial charge in [-0.05, 0) is 36.1 Å². The van der Waals surface area contributed by atoms with Crippen LogP contribution in [0.3, 0.4) is 0 Å². The van der Waals surface area contributed by atoms with Gasteiger partial charge in [0.05, 0.1) is 6.42 Å². The van der Waals surface area contributed by atoms with Crippen molar-refractivity contribution in [1.29, 1.82) is 0 Å². The summed E-state index contributed by atoms with van der Waals surface area (Å²) in [6.45, 7) is 3.98. The van der Waals surface area contributed by atoms with E-state index in [-0.39, 0.29) is 25.3 Å². The highest BCUT2D eigenvalue weighted by Crippen LogP contribution is 2.17. The van der Waals surface area contributed by atoms with Gasteiger partial charge < -0.3 is 15.7 Å². The van der Waals surface area contributed by atoms with Crippen molar-refractivity contribution in [3.63, 3.8) is 0 Å². The van der Waals surface area contributed by atoms with E-state index in [4.69, 9.17) is 0 Å². The Hall–Kier alpha value is -3.15. The molecule has 0 saturated heterocycles. The van der Waals surface area contributed by atoms with Crippen LogP contribution in [0.15, 0.2) is 48.5 Å². The van der Waals surface area contributed by atoms with Crippen molar-refractivity contribution in [2.24, 2.45) is 0 Å². The molecule has 3 N–H and O–H groups in total. The fourth-order valence-corrected chi connectivity index (χ4v) is 2.62. The smallest absolute Gasteiger partial charge is 0.330 e. The number of aliphatic carboxylic acids is 1. The summed E-state index contributed by atoms with van der Waals surface area (Å²) in [6.07, 6.45) is 0.248. The fraction of sp³-hybridized carbons (Fsp3) is 0.286. The molecule has 2 amide bonds. The predicted molar refractivity (Wildman–Crippen MR) is 102 cm³/mol. The Morgan fingerprint density at radius 3 is 2.30 bits per heavy atom. The quantitative estimate of drug-likeness (QED) is 0.666. The zero-order valence-corrected chi connectivity index (χ0v) is 15.5. The molecule has 1 atom stereocenters. The minimum Gasteiger partial charge on any atom is -0.479 e. The van der Waals surface area contributed by atoms with Gasteiger partial charge in [0.2, 0.25) is 11.8 Å². The molecule has 1 unspecified atom stereocenters. The number of carboxylic acids is 1. The first-order valence-corrected chi connectivity index (χ1v) is 8.76. The minimum atomic E-state index is -1.13. The number of benzene rings is 2. The van der Waals surface area contributed by atoms with Gasteiger partial charge in [0.15, 0.2) is 6.04 Å². The van der Waals surface area contributed by atoms with Crippen LogP contribution < -0.4 is 10.6 Å². The first kappa shape index (κ1) is 20.2. The average Bonchev–Trinajstić information content (AvgIpc) is 2.62. The van der Waals surface area contributed by atoms with Gasteiger partial charge in [-0.25, -0.2) is 4.79 Å². The summed E-state index contributed by atoms with van der Waals surface area (Å²) in [5, 5.41) is 14.6. The maximum atomic E-state index is 12.1. The largest absolute Gasteiger partial charge is 0.479 e. The standard InChI is InChI=1S/C21H24N2O4/c1-14-8-9-17(12-15(14)2)20(21(26)27)23-18(24)10-11-22-19(25)13-16-6-4-3-5-7-16/h3-9,12,20H,10-11,13H2,1-2H3,(H,22,25)(H,23,24)(H,26,27). The summed E-state index contributed by atoms with van der Waals surface area (Å²) in [6, 6.07) is 13.5. The number of nitrogens with one attached hydrogen (secondary N) is 2. The maximum absolute atomic E-state index is 12.1. The summed E-state index contributed by atoms with van der Waals surface area (Å²) < 4.78 is 0. The number of carbonyl (C=O) groups is 3. The second-order valence-corrected chi connectivity index (χ2v) is 6.44. The lowest BCUT2D eigenvalue weighted by Crippen LogP contribution is -2.36. The molecule has 0 saturated carbocycles. The van der Waals surface area contributed by atoms with Crippen LogP contribution in [0.1, 0.15) is 34.7 Å². The Morgan fingerprint density at radius 2 is 1.67 bits per heavy atom. The van der Waals surface area contributed by atoms with Crippen LogP contribution in [-0.2, 0) is 20.8 Å². The van der Waals surface area contributed by atoms with Crippen LogP contribution in [-0.4, -0.2) is 29.4 Å². The Bertz CT molecular complexity index is 818. The van der Waals surface area contributed by atoms with Gasteiger partial charge in [-0.2, -0.15) is 0 Å². The van der Waals surface area contributed by atoms with E-state index in [2.05, 4.69) is 10.6 Å². The molecule has 2 aromatic carbocycles. The number of rotatable bonds is 8. The number of hydrogen-bond acceptors (Lipinski definition) is 3. The van der Waals surface area contributed by atoms with Crippen molar-refractivity contribution in [2.75, 3.05) is 6.54 Å². The SMILES string of the molecule is Cc1ccc(C(NC(=O)CCNC(=O)Cc2ccccc2)C(=O)O)cc1C. The van der Waals surface area contributed by atoms with E-state index in [1.807, 2.05) is 50.2 Å². The molecule has 0 aromatic heterocycles. The molecule has 0 radical (unpaired) electrons. The predicted octanol–water partition coefficient (Wildman–Crippen LogP) is 2.29. The molecule has 6 nitrogen and oxygen atoms in total. The first-order valence-electron chi connectivity index (χ1n) is 8.76. The summed E-state index contributed by atoms with van der Waals surface area (Å²) >= 11 is 0. The van der Waals surface area contributed by atoms with Gasteiger partial charge in [0.25, 0.3) is 0 Å². The lowest BCUT2D eigenvalue weighted by Gasteiger charge is -2.16. The first-order chi connectivity index (χ1) is 12.9. The third-order valence-corrected chi connectivity index (χ3v) is 4.30. The minimum absolute atomic E-state index is 0.00908. The Morgan fingerprint density at radius 1 is 0.963 bits per heavy atom. The number of amides is 2. The second kappa shape index (κ2) is 9.52. The molecule has 0 heterocycles. The fourth-order valence-electron chi connectivity index (χ4n) is 2.62. The number of carbonyl (C=O) groups excluding carboxylic acids is 2. The van der Waals surface area contributed by atoms with Gasteiger partial charge in [-0.3, -0.25) is 9.59 Å². The van der Waals surface area contributed by atoms with Crippen LogP contribution in [0.25, 0.3) is 0 Å². The van der Waals surface area contributed by atoms with Crippen molar-refractivity contribution in [3.8, 4) is 0 Å². The topological polar surface area (TPSA) is 95.5 Å². The van der Waals surface area contributed by atoms with E-state index in [1.54, 1.807) is 12.1 Å². The third kappa shape index (κ3) is 6.26. The monoisotopic (exact) mass is 368 g/mol. The van der Waals surface area contributed by atoms with Crippen LogP contribution in [0.2, 0.25) is 0 Å². The number of aryl methyl sites for hydroxylation is 2. The van der Waals surface area contributed by atoms with Crippen molar-refractivity contribution in [2.45, 2.75) is 32.7 Å². The molecular formula is C21H24N2O4. The molecule has 0 fully saturated rings. The van der Waals surface area contributed by atoms with E-state index >= 15 is 0 Å². The van der Waals surface area contributed by atoms with Gasteiger partial charge >= 0.3 is 5.97 Å². The van der Waals surface area contributed by atoms with Crippen LogP contribution >= 0.6 is 0 Å². The molecule has 0 aliphatic heterocycles. The van der Waals surface area contributed by atoms with E-state index in [1.165, 1.54) is 0 Å². The molecule has 0 aliphatic carbocycles. The molecule has 2 rings (SSSR count). The van der Waals surface area contributed by atoms with Crippen LogP contribution in [0, 0.1) is 13.8 Å². The second-order valence-electron chi connectivity index (χ2n) is 6.44. The highest BCUT2D eigenvalue weighted by molar-refractivity contribution is 5.85. The van der Waals surface area contributed by atoms with Gasteiger partial charge in [0, 0.05) is 13.0 Å². The van der Waals surface area contributed by atoms with Crippen molar-refractivity contribution in [1.82, 2.24) is 10.6 Å². The summed E-state index contributed by atoms with van der Waals surface area (Å²) in [5.74, 6) is -1.74. The van der Waals surface area contributed by atoms with Crippen LogP contribution in [0.5, 0.6) is 0 Å². The molecule has 142 valence electrons. The highest BCUT2D eigenvalue weighted by Gasteiger charge is 2.22.